The number of aliphatic hydroxyl groups is 1. The first-order chi connectivity index (χ1) is 8.54. The number of nitrogens with one attached hydrogen (secondary N) is 2. The van der Waals surface area contributed by atoms with Crippen LogP contribution >= 0.6 is 0 Å². The molecule has 1 rings (SSSR count). The Morgan fingerprint density at radius 1 is 1.61 bits per heavy atom. The molecule has 0 bridgehead atoms. The summed E-state index contributed by atoms with van der Waals surface area (Å²) in [5.74, 6) is -1.13. The van der Waals surface area contributed by atoms with Gasteiger partial charge in [-0.05, 0) is 0 Å². The van der Waals surface area contributed by atoms with E-state index in [-0.39, 0.29) is 19.6 Å². The molecule has 0 spiro atoms. The monoisotopic (exact) mass is 256 g/mol. The van der Waals surface area contributed by atoms with Crippen LogP contribution < -0.4 is 5.32 Å². The fourth-order valence-electron chi connectivity index (χ4n) is 1.33. The van der Waals surface area contributed by atoms with Gasteiger partial charge in [0.05, 0.1) is 12.9 Å². The van der Waals surface area contributed by atoms with Crippen LogP contribution in [-0.2, 0) is 11.2 Å². The van der Waals surface area contributed by atoms with Crippen LogP contribution in [0.3, 0.4) is 0 Å². The SMILES string of the molecule is CN(CCO)C(=O)N[C@@H](Cc1cnc[nH]1)C(=O)O. The topological polar surface area (TPSA) is 119 Å². The largest absolute Gasteiger partial charge is 0.480 e. The van der Waals surface area contributed by atoms with E-state index in [1.165, 1.54) is 24.5 Å². The van der Waals surface area contributed by atoms with Gasteiger partial charge in [0.15, 0.2) is 0 Å². The quantitative estimate of drug-likeness (QED) is 0.522. The number of carboxylic acid groups (broad SMARTS) is 1. The number of rotatable bonds is 6. The van der Waals surface area contributed by atoms with Gasteiger partial charge in [-0.2, -0.15) is 0 Å². The molecule has 8 heteroatoms. The highest BCUT2D eigenvalue weighted by molar-refractivity contribution is 5.82. The Balaban J connectivity index is 2.58. The van der Waals surface area contributed by atoms with Gasteiger partial charge in [-0.3, -0.25) is 0 Å². The normalized spacial score (nSPS) is 11.9. The summed E-state index contributed by atoms with van der Waals surface area (Å²) in [6.45, 7) is -0.0373. The van der Waals surface area contributed by atoms with Crippen LogP contribution in [-0.4, -0.2) is 63.3 Å². The summed E-state index contributed by atoms with van der Waals surface area (Å²) in [7, 11) is 1.47. The zero-order valence-corrected chi connectivity index (χ0v) is 9.96. The number of H-pyrrole nitrogens is 1. The van der Waals surface area contributed by atoms with Gasteiger partial charge in [0.25, 0.3) is 0 Å². The molecule has 100 valence electrons. The standard InChI is InChI=1S/C10H16N4O4/c1-14(2-3-15)10(18)13-8(9(16)17)4-7-5-11-6-12-7/h5-6,8,15H,2-4H2,1H3,(H,11,12)(H,13,18)(H,16,17)/t8-/m0/s1. The zero-order valence-electron chi connectivity index (χ0n) is 9.96. The van der Waals surface area contributed by atoms with Crippen molar-refractivity contribution >= 4 is 12.0 Å². The summed E-state index contributed by atoms with van der Waals surface area (Å²) in [4.78, 5) is 30.4. The summed E-state index contributed by atoms with van der Waals surface area (Å²) < 4.78 is 0. The lowest BCUT2D eigenvalue weighted by Gasteiger charge is -2.20. The first-order valence-electron chi connectivity index (χ1n) is 5.37. The number of aromatic amines is 1. The third kappa shape index (κ3) is 4.06. The smallest absolute Gasteiger partial charge is 0.326 e. The third-order valence-corrected chi connectivity index (χ3v) is 2.36. The molecule has 0 aliphatic carbocycles. The van der Waals surface area contributed by atoms with Crippen molar-refractivity contribution in [3.63, 3.8) is 0 Å². The lowest BCUT2D eigenvalue weighted by molar-refractivity contribution is -0.139. The number of urea groups is 1. The summed E-state index contributed by atoms with van der Waals surface area (Å²) in [6, 6.07) is -1.59. The average molecular weight is 256 g/mol. The fourth-order valence-corrected chi connectivity index (χ4v) is 1.33. The van der Waals surface area contributed by atoms with Crippen LogP contribution in [0.15, 0.2) is 12.5 Å². The van der Waals surface area contributed by atoms with E-state index < -0.39 is 18.0 Å². The first-order valence-corrected chi connectivity index (χ1v) is 5.37. The van der Waals surface area contributed by atoms with Crippen LogP contribution in [0.5, 0.6) is 0 Å². The van der Waals surface area contributed by atoms with Crippen molar-refractivity contribution in [1.82, 2.24) is 20.2 Å². The van der Waals surface area contributed by atoms with Crippen molar-refractivity contribution in [2.24, 2.45) is 0 Å². The fraction of sp³-hybridized carbons (Fsp3) is 0.500. The molecule has 0 aliphatic heterocycles. The van der Waals surface area contributed by atoms with E-state index in [0.717, 1.165) is 0 Å². The van der Waals surface area contributed by atoms with Gasteiger partial charge in [0, 0.05) is 31.9 Å². The van der Waals surface area contributed by atoms with Crippen molar-refractivity contribution in [2.75, 3.05) is 20.2 Å². The summed E-state index contributed by atoms with van der Waals surface area (Å²) in [6.07, 6.45) is 3.06. The van der Waals surface area contributed by atoms with Crippen LogP contribution in [0.2, 0.25) is 0 Å². The van der Waals surface area contributed by atoms with Crippen molar-refractivity contribution < 1.29 is 19.8 Å². The molecular weight excluding hydrogens is 240 g/mol. The van der Waals surface area contributed by atoms with Crippen LogP contribution in [0, 0.1) is 0 Å². The minimum Gasteiger partial charge on any atom is -0.480 e. The molecule has 1 heterocycles. The molecule has 0 unspecified atom stereocenters. The number of hydrogen-bond acceptors (Lipinski definition) is 4. The molecule has 1 aromatic rings. The number of hydrogen-bond donors (Lipinski definition) is 4. The highest BCUT2D eigenvalue weighted by Crippen LogP contribution is 1.99. The molecular formula is C10H16N4O4. The minimum atomic E-state index is -1.13. The maximum atomic E-state index is 11.6. The van der Waals surface area contributed by atoms with Gasteiger partial charge in [-0.25, -0.2) is 14.6 Å². The number of aliphatic carboxylic acids is 1. The summed E-state index contributed by atoms with van der Waals surface area (Å²) in [5.41, 5.74) is 0.618. The Kier molecular flexibility index (Phi) is 5.12. The number of likely N-dealkylation sites (N-methyl/N-ethyl adjacent to an activating group) is 1. The number of carboxylic acids is 1. The molecule has 18 heavy (non-hydrogen) atoms. The minimum absolute atomic E-state index is 0.119. The van der Waals surface area contributed by atoms with E-state index >= 15 is 0 Å². The second-order valence-electron chi connectivity index (χ2n) is 3.77. The lowest BCUT2D eigenvalue weighted by atomic mass is 10.1. The van der Waals surface area contributed by atoms with Crippen molar-refractivity contribution in [3.8, 4) is 0 Å². The molecule has 0 aliphatic rings. The second kappa shape index (κ2) is 6.60. The summed E-state index contributed by atoms with van der Waals surface area (Å²) in [5, 5.41) is 20.1. The van der Waals surface area contributed by atoms with Crippen molar-refractivity contribution in [3.05, 3.63) is 18.2 Å². The van der Waals surface area contributed by atoms with E-state index in [9.17, 15) is 9.59 Å². The number of aromatic nitrogens is 2. The number of nitrogens with zero attached hydrogens (tertiary/aromatic N) is 2. The van der Waals surface area contributed by atoms with Gasteiger partial charge in [0.2, 0.25) is 0 Å². The second-order valence-corrected chi connectivity index (χ2v) is 3.77. The van der Waals surface area contributed by atoms with Crippen molar-refractivity contribution in [2.45, 2.75) is 12.5 Å². The molecule has 0 saturated carbocycles. The Morgan fingerprint density at radius 2 is 2.33 bits per heavy atom. The third-order valence-electron chi connectivity index (χ3n) is 2.36. The Bertz CT molecular complexity index is 393. The van der Waals surface area contributed by atoms with Crippen LogP contribution in [0.25, 0.3) is 0 Å². The summed E-state index contributed by atoms with van der Waals surface area (Å²) >= 11 is 0. The van der Waals surface area contributed by atoms with E-state index in [1.807, 2.05) is 0 Å². The molecule has 1 atom stereocenters. The Morgan fingerprint density at radius 3 is 2.83 bits per heavy atom. The number of imidazole rings is 1. The highest BCUT2D eigenvalue weighted by atomic mass is 16.4. The van der Waals surface area contributed by atoms with Crippen molar-refractivity contribution in [1.29, 1.82) is 0 Å². The predicted octanol–water partition coefficient (Wildman–Crippen LogP) is -0.961. The van der Waals surface area contributed by atoms with Gasteiger partial charge in [-0.1, -0.05) is 0 Å². The Labute approximate surface area is 104 Å². The first kappa shape index (κ1) is 14.0. The Hall–Kier alpha value is -2.09. The number of carbonyl (C=O) groups excluding carboxylic acids is 1. The zero-order chi connectivity index (χ0) is 13.5. The van der Waals surface area contributed by atoms with Gasteiger partial charge < -0.3 is 25.4 Å². The molecule has 0 saturated heterocycles. The van der Waals surface area contributed by atoms with E-state index in [4.69, 9.17) is 10.2 Å². The molecule has 0 aromatic carbocycles. The predicted molar refractivity (Wildman–Crippen MR) is 62.0 cm³/mol. The number of amides is 2. The number of carbonyl (C=O) groups is 2. The average Bonchev–Trinajstić information content (AvgIpc) is 2.81. The molecule has 0 fully saturated rings. The van der Waals surface area contributed by atoms with E-state index in [2.05, 4.69) is 15.3 Å². The van der Waals surface area contributed by atoms with Gasteiger partial charge in [0.1, 0.15) is 6.04 Å². The molecule has 1 aromatic heterocycles. The maximum Gasteiger partial charge on any atom is 0.326 e. The van der Waals surface area contributed by atoms with Gasteiger partial charge in [-0.15, -0.1) is 0 Å². The highest BCUT2D eigenvalue weighted by Gasteiger charge is 2.22. The van der Waals surface area contributed by atoms with Crippen LogP contribution in [0.1, 0.15) is 5.69 Å². The molecule has 4 N–H and O–H groups in total. The lowest BCUT2D eigenvalue weighted by Crippen LogP contribution is -2.48. The molecule has 8 nitrogen and oxygen atoms in total. The van der Waals surface area contributed by atoms with E-state index in [1.54, 1.807) is 0 Å². The number of aliphatic hydroxyl groups excluding tert-OH is 1. The maximum absolute atomic E-state index is 11.6. The van der Waals surface area contributed by atoms with E-state index in [0.29, 0.717) is 5.69 Å². The molecule has 2 amide bonds. The molecule has 0 radical (unpaired) electrons. The van der Waals surface area contributed by atoms with Gasteiger partial charge >= 0.3 is 12.0 Å². The van der Waals surface area contributed by atoms with Crippen LogP contribution in [0.4, 0.5) is 4.79 Å².